The van der Waals surface area contributed by atoms with Crippen molar-refractivity contribution in [2.45, 2.75) is 18.2 Å². The van der Waals surface area contributed by atoms with E-state index in [0.29, 0.717) is 6.61 Å². The lowest BCUT2D eigenvalue weighted by molar-refractivity contribution is 0.104. The molecule has 0 aliphatic carbocycles. The van der Waals surface area contributed by atoms with Gasteiger partial charge in [-0.15, -0.1) is 0 Å². The van der Waals surface area contributed by atoms with Gasteiger partial charge in [-0.05, 0) is 43.2 Å². The lowest BCUT2D eigenvalue weighted by Crippen LogP contribution is -2.12. The Balaban J connectivity index is 1.68. The molecule has 4 nitrogen and oxygen atoms in total. The second-order valence-corrected chi connectivity index (χ2v) is 7.61. The fourth-order valence-electron chi connectivity index (χ4n) is 1.92. The van der Waals surface area contributed by atoms with Crippen LogP contribution in [0.25, 0.3) is 0 Å². The Bertz CT molecular complexity index is 709. The molecule has 0 fully saturated rings. The Morgan fingerprint density at radius 3 is 2.22 bits per heavy atom. The average molecular weight is 399 g/mol. The van der Waals surface area contributed by atoms with Crippen LogP contribution in [0.4, 0.5) is 0 Å². The Morgan fingerprint density at radius 1 is 0.913 bits per heavy atom. The minimum absolute atomic E-state index is 0.0105. The van der Waals surface area contributed by atoms with E-state index in [9.17, 15) is 8.42 Å². The standard InChI is InChI=1S/C17H19BrO4S/c1-14-2-8-17(9-3-14)23(19,20)22-13-12-21-11-10-15-4-6-16(18)7-5-15/h2-9H,10-13H2,1H3. The molecule has 2 aromatic carbocycles. The highest BCUT2D eigenvalue weighted by Crippen LogP contribution is 2.13. The van der Waals surface area contributed by atoms with Crippen LogP contribution in [-0.2, 0) is 25.5 Å². The zero-order valence-corrected chi connectivity index (χ0v) is 15.3. The van der Waals surface area contributed by atoms with Crippen molar-refractivity contribution in [2.75, 3.05) is 19.8 Å². The molecule has 2 rings (SSSR count). The summed E-state index contributed by atoms with van der Waals surface area (Å²) in [5.74, 6) is 0. The first-order valence-electron chi connectivity index (χ1n) is 7.26. The van der Waals surface area contributed by atoms with E-state index in [-0.39, 0.29) is 18.1 Å². The summed E-state index contributed by atoms with van der Waals surface area (Å²) in [7, 11) is -3.71. The van der Waals surface area contributed by atoms with Gasteiger partial charge in [0.25, 0.3) is 10.1 Å². The molecule has 124 valence electrons. The van der Waals surface area contributed by atoms with Gasteiger partial charge in [-0.2, -0.15) is 8.42 Å². The van der Waals surface area contributed by atoms with Gasteiger partial charge in [-0.25, -0.2) is 0 Å². The number of rotatable bonds is 8. The molecule has 0 bridgehead atoms. The summed E-state index contributed by atoms with van der Waals surface area (Å²) in [6.45, 7) is 2.67. The summed E-state index contributed by atoms with van der Waals surface area (Å²) < 4.78 is 35.3. The van der Waals surface area contributed by atoms with Crippen LogP contribution in [0, 0.1) is 6.92 Å². The van der Waals surface area contributed by atoms with Crippen LogP contribution in [0.2, 0.25) is 0 Å². The largest absolute Gasteiger partial charge is 0.379 e. The molecule has 0 saturated heterocycles. The molecule has 0 spiro atoms. The fraction of sp³-hybridized carbons (Fsp3) is 0.294. The Morgan fingerprint density at radius 2 is 1.57 bits per heavy atom. The van der Waals surface area contributed by atoms with Gasteiger partial charge >= 0.3 is 0 Å². The third-order valence-electron chi connectivity index (χ3n) is 3.22. The Labute approximate surface area is 145 Å². The summed E-state index contributed by atoms with van der Waals surface area (Å²) in [6, 6.07) is 14.6. The molecule has 2 aromatic rings. The van der Waals surface area contributed by atoms with Crippen LogP contribution in [0.1, 0.15) is 11.1 Å². The van der Waals surface area contributed by atoms with E-state index >= 15 is 0 Å². The number of hydrogen-bond acceptors (Lipinski definition) is 4. The van der Waals surface area contributed by atoms with Crippen molar-refractivity contribution in [2.24, 2.45) is 0 Å². The minimum atomic E-state index is -3.71. The molecule has 0 atom stereocenters. The lowest BCUT2D eigenvalue weighted by atomic mass is 10.2. The first kappa shape index (κ1) is 18.1. The van der Waals surface area contributed by atoms with E-state index in [1.807, 2.05) is 31.2 Å². The van der Waals surface area contributed by atoms with Crippen LogP contribution in [0.15, 0.2) is 57.9 Å². The maximum atomic E-state index is 11.9. The highest BCUT2D eigenvalue weighted by atomic mass is 79.9. The zero-order chi connectivity index (χ0) is 16.7. The molecule has 0 saturated carbocycles. The molecular formula is C17H19BrO4S. The molecule has 0 aliphatic rings. The van der Waals surface area contributed by atoms with Crippen LogP contribution in [0.5, 0.6) is 0 Å². The molecular weight excluding hydrogens is 380 g/mol. The molecule has 0 unspecified atom stereocenters. The predicted octanol–water partition coefficient (Wildman–Crippen LogP) is 3.72. The van der Waals surface area contributed by atoms with Crippen LogP contribution >= 0.6 is 15.9 Å². The topological polar surface area (TPSA) is 52.6 Å². The second kappa shape index (κ2) is 8.59. The zero-order valence-electron chi connectivity index (χ0n) is 12.9. The number of halogens is 1. The molecule has 0 amide bonds. The molecule has 6 heteroatoms. The van der Waals surface area contributed by atoms with Crippen molar-refractivity contribution in [1.82, 2.24) is 0 Å². The van der Waals surface area contributed by atoms with Gasteiger partial charge in [-0.1, -0.05) is 45.8 Å². The van der Waals surface area contributed by atoms with Crippen molar-refractivity contribution in [1.29, 1.82) is 0 Å². The third-order valence-corrected chi connectivity index (χ3v) is 5.08. The molecule has 0 aromatic heterocycles. The fourth-order valence-corrected chi connectivity index (χ4v) is 3.08. The molecule has 23 heavy (non-hydrogen) atoms. The number of aryl methyl sites for hydroxylation is 1. The maximum Gasteiger partial charge on any atom is 0.297 e. The van der Waals surface area contributed by atoms with Crippen LogP contribution in [-0.4, -0.2) is 28.2 Å². The highest BCUT2D eigenvalue weighted by Gasteiger charge is 2.14. The van der Waals surface area contributed by atoms with Gasteiger partial charge in [0.1, 0.15) is 0 Å². The van der Waals surface area contributed by atoms with Crippen LogP contribution < -0.4 is 0 Å². The van der Waals surface area contributed by atoms with Gasteiger partial charge in [0, 0.05) is 4.47 Å². The van der Waals surface area contributed by atoms with Crippen molar-refractivity contribution < 1.29 is 17.3 Å². The highest BCUT2D eigenvalue weighted by molar-refractivity contribution is 9.10. The predicted molar refractivity (Wildman–Crippen MR) is 93.0 cm³/mol. The second-order valence-electron chi connectivity index (χ2n) is 5.08. The van der Waals surface area contributed by atoms with E-state index in [4.69, 9.17) is 8.92 Å². The SMILES string of the molecule is Cc1ccc(S(=O)(=O)OCCOCCc2ccc(Br)cc2)cc1. The molecule has 0 N–H and O–H groups in total. The summed E-state index contributed by atoms with van der Waals surface area (Å²) in [4.78, 5) is 0.165. The van der Waals surface area contributed by atoms with Crippen molar-refractivity contribution in [3.8, 4) is 0 Å². The first-order chi connectivity index (χ1) is 11.0. The maximum absolute atomic E-state index is 11.9. The van der Waals surface area contributed by atoms with Crippen molar-refractivity contribution in [3.05, 3.63) is 64.1 Å². The van der Waals surface area contributed by atoms with E-state index in [1.54, 1.807) is 24.3 Å². The van der Waals surface area contributed by atoms with Crippen molar-refractivity contribution >= 4 is 26.0 Å². The third kappa shape index (κ3) is 6.06. The first-order valence-corrected chi connectivity index (χ1v) is 9.46. The molecule has 0 heterocycles. The normalized spacial score (nSPS) is 11.6. The number of hydrogen-bond donors (Lipinski definition) is 0. The summed E-state index contributed by atoms with van der Waals surface area (Å²) in [6.07, 6.45) is 0.776. The van der Waals surface area contributed by atoms with E-state index in [1.165, 1.54) is 5.56 Å². The molecule has 0 radical (unpaired) electrons. The Kier molecular flexibility index (Phi) is 6.77. The number of benzene rings is 2. The summed E-state index contributed by atoms with van der Waals surface area (Å²) in [5.41, 5.74) is 2.17. The number of ether oxygens (including phenoxy) is 1. The van der Waals surface area contributed by atoms with Gasteiger partial charge in [-0.3, -0.25) is 4.18 Å². The Hall–Kier alpha value is -1.21. The van der Waals surface area contributed by atoms with E-state index < -0.39 is 10.1 Å². The summed E-state index contributed by atoms with van der Waals surface area (Å²) >= 11 is 3.38. The van der Waals surface area contributed by atoms with Gasteiger partial charge in [0.05, 0.1) is 24.7 Å². The average Bonchev–Trinajstić information content (AvgIpc) is 2.53. The minimum Gasteiger partial charge on any atom is -0.379 e. The van der Waals surface area contributed by atoms with E-state index in [2.05, 4.69) is 15.9 Å². The smallest absolute Gasteiger partial charge is 0.297 e. The quantitative estimate of drug-likeness (QED) is 0.502. The summed E-state index contributed by atoms with van der Waals surface area (Å²) in [5, 5.41) is 0. The van der Waals surface area contributed by atoms with Crippen molar-refractivity contribution in [3.63, 3.8) is 0 Å². The molecule has 0 aliphatic heterocycles. The lowest BCUT2D eigenvalue weighted by Gasteiger charge is -2.07. The van der Waals surface area contributed by atoms with Gasteiger partial charge < -0.3 is 4.74 Å². The monoisotopic (exact) mass is 398 g/mol. The van der Waals surface area contributed by atoms with E-state index in [0.717, 1.165) is 16.5 Å². The van der Waals surface area contributed by atoms with Crippen LogP contribution in [0.3, 0.4) is 0 Å². The van der Waals surface area contributed by atoms with Gasteiger partial charge in [0.15, 0.2) is 0 Å². The van der Waals surface area contributed by atoms with Gasteiger partial charge in [0.2, 0.25) is 0 Å².